The van der Waals surface area contributed by atoms with Gasteiger partial charge in [0, 0.05) is 12.8 Å². The van der Waals surface area contributed by atoms with Gasteiger partial charge in [-0.1, -0.05) is 6.42 Å². The summed E-state index contributed by atoms with van der Waals surface area (Å²) in [4.78, 5) is 32.0. The Bertz CT molecular complexity index is 266. The minimum absolute atomic E-state index is 0.274. The third kappa shape index (κ3) is 7.78. The average molecular weight is 230 g/mol. The molecule has 6 nitrogen and oxygen atoms in total. The summed E-state index contributed by atoms with van der Waals surface area (Å²) in [5.74, 6) is -1.68. The number of carboxylic acid groups (broad SMARTS) is 1. The molecule has 0 aliphatic carbocycles. The van der Waals surface area contributed by atoms with Gasteiger partial charge in [-0.25, -0.2) is 0 Å². The van der Waals surface area contributed by atoms with Crippen LogP contribution in [0.15, 0.2) is 0 Å². The second-order valence-electron chi connectivity index (χ2n) is 3.65. The number of carboxylic acids is 1. The van der Waals surface area contributed by atoms with E-state index < -0.39 is 12.0 Å². The molecule has 4 N–H and O–H groups in total. The molecule has 0 aromatic carbocycles. The molecule has 0 aliphatic rings. The first-order valence-electron chi connectivity index (χ1n) is 5.24. The van der Waals surface area contributed by atoms with E-state index in [9.17, 15) is 14.4 Å². The number of hydrogen-bond acceptors (Lipinski definition) is 3. The molecule has 92 valence electrons. The lowest BCUT2D eigenvalue weighted by Crippen LogP contribution is -2.38. The van der Waals surface area contributed by atoms with Crippen molar-refractivity contribution < 1.29 is 19.5 Å². The summed E-state index contributed by atoms with van der Waals surface area (Å²) in [6.45, 7) is 1.41. The number of unbranched alkanes of at least 4 members (excludes halogenated alkanes) is 2. The van der Waals surface area contributed by atoms with Crippen molar-refractivity contribution in [2.45, 2.75) is 45.1 Å². The minimum Gasteiger partial charge on any atom is -0.480 e. The van der Waals surface area contributed by atoms with Gasteiger partial charge < -0.3 is 16.2 Å². The summed E-state index contributed by atoms with van der Waals surface area (Å²) in [6.07, 6.45) is 2.63. The molecule has 0 bridgehead atoms. The van der Waals surface area contributed by atoms with Gasteiger partial charge in [0.1, 0.15) is 6.04 Å². The van der Waals surface area contributed by atoms with Crippen molar-refractivity contribution in [3.05, 3.63) is 0 Å². The number of amides is 2. The molecule has 6 heteroatoms. The van der Waals surface area contributed by atoms with Gasteiger partial charge in [-0.3, -0.25) is 14.4 Å². The Balaban J connectivity index is 3.51. The van der Waals surface area contributed by atoms with Crippen molar-refractivity contribution in [3.8, 4) is 0 Å². The Hall–Kier alpha value is -1.59. The predicted octanol–water partition coefficient (Wildman–Crippen LogP) is 0.0115. The van der Waals surface area contributed by atoms with Crippen LogP contribution in [0, 0.1) is 0 Å². The van der Waals surface area contributed by atoms with E-state index in [1.54, 1.807) is 0 Å². The van der Waals surface area contributed by atoms with Gasteiger partial charge in [0.05, 0.1) is 0 Å². The van der Waals surface area contributed by atoms with Crippen molar-refractivity contribution >= 4 is 17.8 Å². The molecule has 0 aromatic rings. The summed E-state index contributed by atoms with van der Waals surface area (Å²) in [7, 11) is 0. The molecule has 0 heterocycles. The number of rotatable bonds is 8. The van der Waals surface area contributed by atoms with Crippen LogP contribution in [0.4, 0.5) is 0 Å². The first-order valence-corrected chi connectivity index (χ1v) is 5.24. The lowest BCUT2D eigenvalue weighted by molar-refractivity contribution is -0.141. The van der Waals surface area contributed by atoms with E-state index in [0.717, 1.165) is 6.42 Å². The van der Waals surface area contributed by atoms with Crippen LogP contribution in [0.2, 0.25) is 0 Å². The molecule has 0 radical (unpaired) electrons. The van der Waals surface area contributed by atoms with Crippen LogP contribution in [0.25, 0.3) is 0 Å². The van der Waals surface area contributed by atoms with E-state index in [1.165, 1.54) is 6.92 Å². The Kier molecular flexibility index (Phi) is 6.91. The van der Waals surface area contributed by atoms with Gasteiger partial charge in [0.15, 0.2) is 0 Å². The molecule has 0 saturated heterocycles. The summed E-state index contributed by atoms with van der Waals surface area (Å²) in [6, 6.07) is -0.863. The highest BCUT2D eigenvalue weighted by atomic mass is 16.4. The standard InChI is InChI=1S/C10H18N2O4/c1-7(10(15)16)12-9(14)6-4-2-3-5-8(11)13/h7H,2-6H2,1H3,(H2,11,13)(H,12,14)(H,15,16)/t7-/m1/s1. The van der Waals surface area contributed by atoms with E-state index >= 15 is 0 Å². The molecule has 0 unspecified atom stereocenters. The number of nitrogens with one attached hydrogen (secondary N) is 1. The van der Waals surface area contributed by atoms with Crippen molar-refractivity contribution in [1.82, 2.24) is 5.32 Å². The Morgan fingerprint density at radius 1 is 1.19 bits per heavy atom. The van der Waals surface area contributed by atoms with Crippen LogP contribution in [-0.2, 0) is 14.4 Å². The van der Waals surface area contributed by atoms with Gasteiger partial charge in [-0.2, -0.15) is 0 Å². The Morgan fingerprint density at radius 2 is 1.75 bits per heavy atom. The average Bonchev–Trinajstić information content (AvgIpc) is 2.16. The summed E-state index contributed by atoms with van der Waals surface area (Å²) >= 11 is 0. The van der Waals surface area contributed by atoms with E-state index in [1.807, 2.05) is 0 Å². The fraction of sp³-hybridized carbons (Fsp3) is 0.700. The quantitative estimate of drug-likeness (QED) is 0.510. The van der Waals surface area contributed by atoms with Crippen molar-refractivity contribution in [3.63, 3.8) is 0 Å². The second kappa shape index (κ2) is 7.67. The molecular formula is C10H18N2O4. The van der Waals surface area contributed by atoms with Crippen molar-refractivity contribution in [1.29, 1.82) is 0 Å². The zero-order valence-corrected chi connectivity index (χ0v) is 9.36. The van der Waals surface area contributed by atoms with E-state index in [2.05, 4.69) is 5.32 Å². The van der Waals surface area contributed by atoms with E-state index in [0.29, 0.717) is 19.3 Å². The van der Waals surface area contributed by atoms with Gasteiger partial charge in [-0.15, -0.1) is 0 Å². The lowest BCUT2D eigenvalue weighted by atomic mass is 10.1. The molecule has 2 amide bonds. The highest BCUT2D eigenvalue weighted by Gasteiger charge is 2.12. The minimum atomic E-state index is -1.05. The molecule has 0 aromatic heterocycles. The van der Waals surface area contributed by atoms with Crippen LogP contribution in [0.1, 0.15) is 39.0 Å². The molecular weight excluding hydrogens is 212 g/mol. The first-order chi connectivity index (χ1) is 7.43. The second-order valence-corrected chi connectivity index (χ2v) is 3.65. The number of aliphatic carboxylic acids is 1. The molecule has 0 rings (SSSR count). The SMILES string of the molecule is C[C@@H](NC(=O)CCCCCC(N)=O)C(=O)O. The summed E-state index contributed by atoms with van der Waals surface area (Å²) < 4.78 is 0. The maximum Gasteiger partial charge on any atom is 0.325 e. The smallest absolute Gasteiger partial charge is 0.325 e. The normalized spacial score (nSPS) is 11.8. The third-order valence-electron chi connectivity index (χ3n) is 2.07. The zero-order chi connectivity index (χ0) is 12.6. The van der Waals surface area contributed by atoms with E-state index in [-0.39, 0.29) is 18.2 Å². The highest BCUT2D eigenvalue weighted by Crippen LogP contribution is 2.02. The fourth-order valence-corrected chi connectivity index (χ4v) is 1.14. The van der Waals surface area contributed by atoms with Crippen molar-refractivity contribution in [2.75, 3.05) is 0 Å². The molecule has 0 saturated carbocycles. The predicted molar refractivity (Wildman–Crippen MR) is 57.5 cm³/mol. The monoisotopic (exact) mass is 230 g/mol. The number of nitrogens with two attached hydrogens (primary N) is 1. The zero-order valence-electron chi connectivity index (χ0n) is 9.36. The molecule has 0 aliphatic heterocycles. The molecule has 0 spiro atoms. The largest absolute Gasteiger partial charge is 0.480 e. The first kappa shape index (κ1) is 14.4. The number of primary amides is 1. The number of carbonyl (C=O) groups is 3. The number of carbonyl (C=O) groups excluding carboxylic acids is 2. The third-order valence-corrected chi connectivity index (χ3v) is 2.07. The Morgan fingerprint density at radius 3 is 2.25 bits per heavy atom. The molecule has 0 fully saturated rings. The van der Waals surface area contributed by atoms with E-state index in [4.69, 9.17) is 10.8 Å². The van der Waals surface area contributed by atoms with Gasteiger partial charge in [0.25, 0.3) is 0 Å². The Labute approximate surface area is 94.2 Å². The van der Waals surface area contributed by atoms with Crippen LogP contribution in [-0.4, -0.2) is 28.9 Å². The fourth-order valence-electron chi connectivity index (χ4n) is 1.14. The van der Waals surface area contributed by atoms with Gasteiger partial charge in [0.2, 0.25) is 11.8 Å². The summed E-state index contributed by atoms with van der Waals surface area (Å²) in [5, 5.41) is 10.9. The topological polar surface area (TPSA) is 109 Å². The maximum atomic E-state index is 11.2. The van der Waals surface area contributed by atoms with Crippen LogP contribution in [0.5, 0.6) is 0 Å². The molecule has 16 heavy (non-hydrogen) atoms. The van der Waals surface area contributed by atoms with Crippen LogP contribution < -0.4 is 11.1 Å². The van der Waals surface area contributed by atoms with Gasteiger partial charge in [-0.05, 0) is 19.8 Å². The lowest BCUT2D eigenvalue weighted by Gasteiger charge is -2.08. The highest BCUT2D eigenvalue weighted by molar-refractivity contribution is 5.83. The van der Waals surface area contributed by atoms with Crippen LogP contribution >= 0.6 is 0 Å². The maximum absolute atomic E-state index is 11.2. The summed E-state index contributed by atoms with van der Waals surface area (Å²) in [5.41, 5.74) is 4.95. The van der Waals surface area contributed by atoms with Crippen LogP contribution in [0.3, 0.4) is 0 Å². The van der Waals surface area contributed by atoms with Crippen molar-refractivity contribution in [2.24, 2.45) is 5.73 Å². The van der Waals surface area contributed by atoms with Gasteiger partial charge >= 0.3 is 5.97 Å². The number of hydrogen-bond donors (Lipinski definition) is 3. The molecule has 1 atom stereocenters.